The number of amides is 1. The van der Waals surface area contributed by atoms with E-state index in [0.29, 0.717) is 12.5 Å². The molecule has 1 aromatic heterocycles. The Labute approximate surface area is 125 Å². The van der Waals surface area contributed by atoms with E-state index in [2.05, 4.69) is 24.5 Å². The van der Waals surface area contributed by atoms with Crippen LogP contribution in [0.15, 0.2) is 53.1 Å². The molecule has 1 amide bonds. The van der Waals surface area contributed by atoms with Crippen LogP contribution >= 0.6 is 0 Å². The van der Waals surface area contributed by atoms with Crippen molar-refractivity contribution >= 4 is 5.91 Å². The lowest BCUT2D eigenvalue weighted by Gasteiger charge is -2.17. The molecule has 2 N–H and O–H groups in total. The monoisotopic (exact) mass is 286 g/mol. The van der Waals surface area contributed by atoms with Crippen LogP contribution in [0.2, 0.25) is 0 Å². The van der Waals surface area contributed by atoms with Crippen LogP contribution in [-0.4, -0.2) is 19.0 Å². The second-order valence-corrected chi connectivity index (χ2v) is 5.44. The van der Waals surface area contributed by atoms with Crippen molar-refractivity contribution in [3.63, 3.8) is 0 Å². The van der Waals surface area contributed by atoms with Gasteiger partial charge in [-0.1, -0.05) is 44.2 Å². The van der Waals surface area contributed by atoms with Gasteiger partial charge in [0, 0.05) is 6.54 Å². The fourth-order valence-electron chi connectivity index (χ4n) is 2.06. The van der Waals surface area contributed by atoms with E-state index in [4.69, 9.17) is 4.42 Å². The van der Waals surface area contributed by atoms with Crippen LogP contribution in [0.4, 0.5) is 0 Å². The van der Waals surface area contributed by atoms with Gasteiger partial charge in [0.15, 0.2) is 0 Å². The van der Waals surface area contributed by atoms with Crippen LogP contribution < -0.4 is 10.6 Å². The first-order valence-corrected chi connectivity index (χ1v) is 7.25. The van der Waals surface area contributed by atoms with Gasteiger partial charge >= 0.3 is 0 Å². The zero-order valence-electron chi connectivity index (χ0n) is 12.5. The van der Waals surface area contributed by atoms with Crippen molar-refractivity contribution < 1.29 is 9.21 Å². The van der Waals surface area contributed by atoms with Gasteiger partial charge in [-0.2, -0.15) is 0 Å². The normalized spacial score (nSPS) is 12.3. The van der Waals surface area contributed by atoms with Gasteiger partial charge < -0.3 is 9.73 Å². The molecule has 0 aliphatic rings. The minimum absolute atomic E-state index is 0.00353. The summed E-state index contributed by atoms with van der Waals surface area (Å²) < 4.78 is 5.49. The van der Waals surface area contributed by atoms with E-state index in [1.165, 1.54) is 0 Å². The third-order valence-corrected chi connectivity index (χ3v) is 3.13. The highest BCUT2D eigenvalue weighted by Gasteiger charge is 2.17. The molecule has 0 aliphatic carbocycles. The van der Waals surface area contributed by atoms with Gasteiger partial charge in [-0.25, -0.2) is 0 Å². The molecule has 0 saturated heterocycles. The van der Waals surface area contributed by atoms with Crippen molar-refractivity contribution in [1.29, 1.82) is 0 Å². The molecule has 1 aromatic carbocycles. The Hall–Kier alpha value is -2.07. The third-order valence-electron chi connectivity index (χ3n) is 3.13. The molecular weight excluding hydrogens is 264 g/mol. The van der Waals surface area contributed by atoms with Crippen molar-refractivity contribution in [2.45, 2.75) is 19.9 Å². The first-order valence-electron chi connectivity index (χ1n) is 7.25. The molecule has 1 atom stereocenters. The molecule has 0 unspecified atom stereocenters. The maximum atomic E-state index is 11.8. The molecule has 1 heterocycles. The van der Waals surface area contributed by atoms with Crippen LogP contribution in [0, 0.1) is 5.92 Å². The smallest absolute Gasteiger partial charge is 0.233 e. The Kier molecular flexibility index (Phi) is 5.58. The fraction of sp³-hybridized carbons (Fsp3) is 0.353. The molecule has 0 fully saturated rings. The summed E-state index contributed by atoms with van der Waals surface area (Å²) in [5.41, 5.74) is 1.07. The molecule has 0 saturated carbocycles. The maximum absolute atomic E-state index is 11.8. The first kappa shape index (κ1) is 15.3. The predicted octanol–water partition coefficient (Wildman–Crippen LogP) is 2.73. The SMILES string of the molecule is CC(C)CNC(=O)CN[C@H](c1ccccc1)c1ccco1. The van der Waals surface area contributed by atoms with Crippen molar-refractivity contribution in [3.05, 3.63) is 60.1 Å². The summed E-state index contributed by atoms with van der Waals surface area (Å²) in [5.74, 6) is 1.25. The number of carbonyl (C=O) groups excluding carboxylic acids is 1. The summed E-state index contributed by atoms with van der Waals surface area (Å²) in [7, 11) is 0. The van der Waals surface area contributed by atoms with Crippen molar-refractivity contribution in [1.82, 2.24) is 10.6 Å². The van der Waals surface area contributed by atoms with Gasteiger partial charge in [-0.3, -0.25) is 10.1 Å². The lowest BCUT2D eigenvalue weighted by molar-refractivity contribution is -0.120. The number of rotatable bonds is 7. The Bertz CT molecular complexity index is 535. The molecule has 0 spiro atoms. The van der Waals surface area contributed by atoms with Gasteiger partial charge in [0.2, 0.25) is 5.91 Å². The Morgan fingerprint density at radius 1 is 1.14 bits per heavy atom. The molecule has 21 heavy (non-hydrogen) atoms. The largest absolute Gasteiger partial charge is 0.467 e. The van der Waals surface area contributed by atoms with E-state index in [9.17, 15) is 4.79 Å². The van der Waals surface area contributed by atoms with Gasteiger partial charge in [-0.05, 0) is 23.6 Å². The van der Waals surface area contributed by atoms with Crippen LogP contribution in [0.5, 0.6) is 0 Å². The Balaban J connectivity index is 1.99. The van der Waals surface area contributed by atoms with Crippen LogP contribution in [0.3, 0.4) is 0 Å². The number of furan rings is 1. The quantitative estimate of drug-likeness (QED) is 0.823. The van der Waals surface area contributed by atoms with Gasteiger partial charge in [0.05, 0.1) is 18.8 Å². The highest BCUT2D eigenvalue weighted by Crippen LogP contribution is 2.21. The zero-order valence-corrected chi connectivity index (χ0v) is 12.5. The van der Waals surface area contributed by atoms with Crippen LogP contribution in [-0.2, 0) is 4.79 Å². The summed E-state index contributed by atoms with van der Waals surface area (Å²) in [5, 5.41) is 6.16. The molecule has 0 bridgehead atoms. The number of carbonyl (C=O) groups is 1. The first-order chi connectivity index (χ1) is 10.2. The average molecular weight is 286 g/mol. The second kappa shape index (κ2) is 7.64. The number of hydrogen-bond donors (Lipinski definition) is 2. The lowest BCUT2D eigenvalue weighted by Crippen LogP contribution is -2.37. The zero-order chi connectivity index (χ0) is 15.1. The summed E-state index contributed by atoms with van der Waals surface area (Å²) in [6.07, 6.45) is 1.64. The van der Waals surface area contributed by atoms with Crippen molar-refractivity contribution in [2.75, 3.05) is 13.1 Å². The molecule has 0 radical (unpaired) electrons. The van der Waals surface area contributed by atoms with Crippen molar-refractivity contribution in [2.24, 2.45) is 5.92 Å². The second-order valence-electron chi connectivity index (χ2n) is 5.44. The van der Waals surface area contributed by atoms with E-state index in [1.807, 2.05) is 42.5 Å². The minimum Gasteiger partial charge on any atom is -0.467 e. The van der Waals surface area contributed by atoms with Crippen molar-refractivity contribution in [3.8, 4) is 0 Å². The molecular formula is C17H22N2O2. The molecule has 2 rings (SSSR count). The number of benzene rings is 1. The summed E-state index contributed by atoms with van der Waals surface area (Å²) in [4.78, 5) is 11.8. The highest BCUT2D eigenvalue weighted by atomic mass is 16.3. The Morgan fingerprint density at radius 3 is 2.52 bits per heavy atom. The number of nitrogens with one attached hydrogen (secondary N) is 2. The minimum atomic E-state index is -0.119. The summed E-state index contributed by atoms with van der Waals surface area (Å²) >= 11 is 0. The summed E-state index contributed by atoms with van der Waals surface area (Å²) in [6.45, 7) is 5.09. The van der Waals surface area contributed by atoms with E-state index < -0.39 is 0 Å². The maximum Gasteiger partial charge on any atom is 0.233 e. The van der Waals surface area contributed by atoms with E-state index in [1.54, 1.807) is 6.26 Å². The topological polar surface area (TPSA) is 54.3 Å². The molecule has 112 valence electrons. The van der Waals surface area contributed by atoms with Crippen LogP contribution in [0.25, 0.3) is 0 Å². The van der Waals surface area contributed by atoms with E-state index >= 15 is 0 Å². The van der Waals surface area contributed by atoms with Gasteiger partial charge in [0.1, 0.15) is 5.76 Å². The third kappa shape index (κ3) is 4.76. The lowest BCUT2D eigenvalue weighted by atomic mass is 10.0. The fourth-order valence-corrected chi connectivity index (χ4v) is 2.06. The van der Waals surface area contributed by atoms with E-state index in [0.717, 1.165) is 11.3 Å². The van der Waals surface area contributed by atoms with Gasteiger partial charge in [0.25, 0.3) is 0 Å². The standard InChI is InChI=1S/C17H22N2O2/c1-13(2)11-18-16(20)12-19-17(15-9-6-10-21-15)14-7-4-3-5-8-14/h3-10,13,17,19H,11-12H2,1-2H3,(H,18,20)/t17-/m1/s1. The number of hydrogen-bond acceptors (Lipinski definition) is 3. The summed E-state index contributed by atoms with van der Waals surface area (Å²) in [6, 6.07) is 13.6. The van der Waals surface area contributed by atoms with Crippen LogP contribution in [0.1, 0.15) is 31.2 Å². The highest BCUT2D eigenvalue weighted by molar-refractivity contribution is 5.78. The molecule has 0 aliphatic heterocycles. The average Bonchev–Trinajstić information content (AvgIpc) is 3.00. The predicted molar refractivity (Wildman–Crippen MR) is 82.8 cm³/mol. The Morgan fingerprint density at radius 2 is 1.90 bits per heavy atom. The van der Waals surface area contributed by atoms with E-state index in [-0.39, 0.29) is 18.5 Å². The molecule has 2 aromatic rings. The molecule has 4 heteroatoms. The molecule has 4 nitrogen and oxygen atoms in total. The van der Waals surface area contributed by atoms with Gasteiger partial charge in [-0.15, -0.1) is 0 Å².